The second-order valence-corrected chi connectivity index (χ2v) is 6.09. The van der Waals surface area contributed by atoms with Gasteiger partial charge in [-0.2, -0.15) is 14.6 Å². The van der Waals surface area contributed by atoms with Crippen molar-refractivity contribution < 1.29 is 9.84 Å². The van der Waals surface area contributed by atoms with E-state index >= 15 is 0 Å². The maximum absolute atomic E-state index is 9.79. The topological polar surface area (TPSA) is 75.8 Å². The summed E-state index contributed by atoms with van der Waals surface area (Å²) in [7, 11) is 1.56. The van der Waals surface area contributed by atoms with E-state index in [9.17, 15) is 5.11 Å². The Balaban J connectivity index is 1.73. The summed E-state index contributed by atoms with van der Waals surface area (Å²) in [5.74, 6) is 2.24. The molecule has 0 bridgehead atoms. The first-order valence-electron chi connectivity index (χ1n) is 7.95. The fourth-order valence-electron chi connectivity index (χ4n) is 2.92. The van der Waals surface area contributed by atoms with Crippen LogP contribution in [0.5, 0.6) is 11.5 Å². The summed E-state index contributed by atoms with van der Waals surface area (Å²) < 4.78 is 7.00. The first-order chi connectivity index (χ1) is 11.7. The number of aromatic nitrogens is 4. The van der Waals surface area contributed by atoms with Crippen molar-refractivity contribution in [2.24, 2.45) is 0 Å². The Morgan fingerprint density at radius 2 is 2.17 bits per heavy atom. The Labute approximate surface area is 139 Å². The summed E-state index contributed by atoms with van der Waals surface area (Å²) in [6, 6.07) is 7.98. The van der Waals surface area contributed by atoms with Gasteiger partial charge in [0, 0.05) is 24.3 Å². The van der Waals surface area contributed by atoms with Crippen molar-refractivity contribution in [1.29, 1.82) is 0 Å². The molecule has 0 radical (unpaired) electrons. The summed E-state index contributed by atoms with van der Waals surface area (Å²) in [5.41, 5.74) is 1.98. The molecule has 0 saturated heterocycles. The highest BCUT2D eigenvalue weighted by Crippen LogP contribution is 2.34. The highest BCUT2D eigenvalue weighted by molar-refractivity contribution is 5.50. The third-order valence-corrected chi connectivity index (χ3v) is 4.24. The van der Waals surface area contributed by atoms with Gasteiger partial charge in [0.1, 0.15) is 12.1 Å². The monoisotopic (exact) mass is 325 g/mol. The maximum atomic E-state index is 9.79. The molecule has 0 amide bonds. The molecular formula is C17H19N5O2. The first kappa shape index (κ1) is 14.7. The zero-order valence-corrected chi connectivity index (χ0v) is 13.7. The van der Waals surface area contributed by atoms with Crippen molar-refractivity contribution in [3.05, 3.63) is 41.9 Å². The molecule has 0 unspecified atom stereocenters. The number of hydrogen-bond acceptors (Lipinski definition) is 6. The van der Waals surface area contributed by atoms with Gasteiger partial charge in [-0.25, -0.2) is 4.98 Å². The van der Waals surface area contributed by atoms with Crippen LogP contribution in [0.2, 0.25) is 0 Å². The molecule has 0 aliphatic heterocycles. The molecule has 24 heavy (non-hydrogen) atoms. The highest BCUT2D eigenvalue weighted by Gasteiger charge is 2.31. The molecule has 7 nitrogen and oxygen atoms in total. The number of phenolic OH excluding ortho intramolecular Hbond substituents is 1. The van der Waals surface area contributed by atoms with Crippen LogP contribution in [0.3, 0.4) is 0 Å². The normalized spacial score (nSPS) is 14.1. The van der Waals surface area contributed by atoms with E-state index in [4.69, 9.17) is 4.74 Å². The van der Waals surface area contributed by atoms with E-state index in [1.54, 1.807) is 17.7 Å². The summed E-state index contributed by atoms with van der Waals surface area (Å²) in [5, 5.41) is 14.1. The summed E-state index contributed by atoms with van der Waals surface area (Å²) in [6.07, 6.45) is 3.85. The molecule has 124 valence electrons. The number of aromatic hydroxyl groups is 1. The fraction of sp³-hybridized carbons (Fsp3) is 0.353. The minimum atomic E-state index is 0.151. The molecule has 2 aromatic heterocycles. The third-order valence-electron chi connectivity index (χ3n) is 4.24. The number of aryl methyl sites for hydroxylation is 1. The molecule has 4 rings (SSSR count). The van der Waals surface area contributed by atoms with Crippen LogP contribution in [0.15, 0.2) is 30.6 Å². The van der Waals surface area contributed by atoms with Gasteiger partial charge in [0.2, 0.25) is 0 Å². The number of rotatable bonds is 5. The van der Waals surface area contributed by atoms with Crippen molar-refractivity contribution in [2.45, 2.75) is 32.4 Å². The number of fused-ring (bicyclic) bond motifs is 1. The quantitative estimate of drug-likeness (QED) is 0.776. The molecular weight excluding hydrogens is 306 g/mol. The first-order valence-corrected chi connectivity index (χ1v) is 7.95. The van der Waals surface area contributed by atoms with Gasteiger partial charge in [0.25, 0.3) is 5.78 Å². The Hall–Kier alpha value is -2.83. The van der Waals surface area contributed by atoms with Crippen LogP contribution in [0, 0.1) is 6.92 Å². The second kappa shape index (κ2) is 5.67. The Kier molecular flexibility index (Phi) is 3.48. The van der Waals surface area contributed by atoms with E-state index in [0.717, 1.165) is 29.9 Å². The van der Waals surface area contributed by atoms with Crippen LogP contribution in [-0.2, 0) is 6.54 Å². The number of methoxy groups -OCH3 is 1. The second-order valence-electron chi connectivity index (χ2n) is 6.09. The van der Waals surface area contributed by atoms with E-state index in [1.807, 2.05) is 25.1 Å². The van der Waals surface area contributed by atoms with Crippen molar-refractivity contribution in [2.75, 3.05) is 12.0 Å². The number of benzene rings is 1. The van der Waals surface area contributed by atoms with E-state index in [-0.39, 0.29) is 5.75 Å². The van der Waals surface area contributed by atoms with Crippen LogP contribution in [0.4, 0.5) is 5.82 Å². The van der Waals surface area contributed by atoms with Gasteiger partial charge >= 0.3 is 0 Å². The molecule has 7 heteroatoms. The molecule has 1 aliphatic rings. The molecule has 1 saturated carbocycles. The smallest absolute Gasteiger partial charge is 0.254 e. The Morgan fingerprint density at radius 3 is 2.92 bits per heavy atom. The molecule has 2 heterocycles. The van der Waals surface area contributed by atoms with Crippen molar-refractivity contribution in [3.8, 4) is 11.5 Å². The summed E-state index contributed by atoms with van der Waals surface area (Å²) >= 11 is 0. The van der Waals surface area contributed by atoms with E-state index in [0.29, 0.717) is 24.1 Å². The number of anilines is 1. The zero-order valence-electron chi connectivity index (χ0n) is 13.7. The van der Waals surface area contributed by atoms with Crippen LogP contribution < -0.4 is 9.64 Å². The van der Waals surface area contributed by atoms with E-state index < -0.39 is 0 Å². The lowest BCUT2D eigenvalue weighted by Crippen LogP contribution is -2.27. The van der Waals surface area contributed by atoms with Gasteiger partial charge in [0.05, 0.1) is 7.11 Å². The van der Waals surface area contributed by atoms with Crippen LogP contribution in [-0.4, -0.2) is 37.8 Å². The lowest BCUT2D eigenvalue weighted by molar-refractivity contribution is 0.373. The average Bonchev–Trinajstić information content (AvgIpc) is 3.31. The number of nitrogens with zero attached hydrogens (tertiary/aromatic N) is 5. The predicted octanol–water partition coefficient (Wildman–Crippen LogP) is 2.32. The van der Waals surface area contributed by atoms with Crippen molar-refractivity contribution in [1.82, 2.24) is 19.6 Å². The average molecular weight is 325 g/mol. The third kappa shape index (κ3) is 2.62. The zero-order chi connectivity index (χ0) is 16.7. The minimum Gasteiger partial charge on any atom is -0.504 e. The number of hydrogen-bond donors (Lipinski definition) is 1. The van der Waals surface area contributed by atoms with Gasteiger partial charge in [-0.1, -0.05) is 6.07 Å². The van der Waals surface area contributed by atoms with Gasteiger partial charge in [-0.3, -0.25) is 0 Å². The van der Waals surface area contributed by atoms with Gasteiger partial charge in [-0.15, -0.1) is 0 Å². The van der Waals surface area contributed by atoms with Gasteiger partial charge in [0.15, 0.2) is 11.5 Å². The van der Waals surface area contributed by atoms with Gasteiger partial charge < -0.3 is 14.7 Å². The minimum absolute atomic E-state index is 0.151. The SMILES string of the molecule is COc1cc(CN(c2cc(C)nc3ncnn23)C2CC2)ccc1O. The highest BCUT2D eigenvalue weighted by atomic mass is 16.5. The Morgan fingerprint density at radius 1 is 1.33 bits per heavy atom. The van der Waals surface area contributed by atoms with Gasteiger partial charge in [-0.05, 0) is 37.5 Å². The van der Waals surface area contributed by atoms with Crippen molar-refractivity contribution >= 4 is 11.6 Å². The maximum Gasteiger partial charge on any atom is 0.254 e. The molecule has 1 fully saturated rings. The Bertz CT molecular complexity index is 888. The number of ether oxygens (including phenoxy) is 1. The molecule has 1 N–H and O–H groups in total. The molecule has 1 aromatic carbocycles. The molecule has 0 atom stereocenters. The summed E-state index contributed by atoms with van der Waals surface area (Å²) in [6.45, 7) is 2.67. The number of phenols is 1. The molecule has 3 aromatic rings. The molecule has 0 spiro atoms. The van der Waals surface area contributed by atoms with Crippen LogP contribution in [0.1, 0.15) is 24.1 Å². The summed E-state index contributed by atoms with van der Waals surface area (Å²) in [4.78, 5) is 10.9. The van der Waals surface area contributed by atoms with E-state index in [1.165, 1.54) is 6.33 Å². The largest absolute Gasteiger partial charge is 0.504 e. The molecule has 1 aliphatic carbocycles. The lowest BCUT2D eigenvalue weighted by atomic mass is 10.2. The van der Waals surface area contributed by atoms with Crippen LogP contribution in [0.25, 0.3) is 5.78 Å². The lowest BCUT2D eigenvalue weighted by Gasteiger charge is -2.25. The fourth-order valence-corrected chi connectivity index (χ4v) is 2.92. The van der Waals surface area contributed by atoms with Crippen LogP contribution >= 0.6 is 0 Å². The van der Waals surface area contributed by atoms with Crippen molar-refractivity contribution in [3.63, 3.8) is 0 Å². The standard InChI is InChI=1S/C17H19N5O2/c1-11-7-16(22-17(20-11)18-10-19-22)21(13-4-5-13)9-12-3-6-14(23)15(8-12)24-2/h3,6-8,10,13,23H,4-5,9H2,1-2H3. The predicted molar refractivity (Wildman–Crippen MR) is 89.4 cm³/mol. The van der Waals surface area contributed by atoms with E-state index in [2.05, 4.69) is 20.0 Å².